The first-order chi connectivity index (χ1) is 3.27. The van der Waals surface area contributed by atoms with E-state index in [1.54, 1.807) is 0 Å². The van der Waals surface area contributed by atoms with E-state index in [-0.39, 0.29) is 10.6 Å². The quantitative estimate of drug-likeness (QED) is 0.590. The van der Waals surface area contributed by atoms with Crippen LogP contribution < -0.4 is 5.73 Å². The van der Waals surface area contributed by atoms with E-state index >= 15 is 0 Å². The number of hydrogen-bond acceptors (Lipinski definition) is 1. The van der Waals surface area contributed by atoms with Gasteiger partial charge in [0.15, 0.2) is 0 Å². The van der Waals surface area contributed by atoms with Crippen molar-refractivity contribution in [1.29, 1.82) is 0 Å². The minimum atomic E-state index is -0.193. The van der Waals surface area contributed by atoms with Gasteiger partial charge < -0.3 is 5.73 Å². The Morgan fingerprint density at radius 1 is 1.62 bits per heavy atom. The highest BCUT2D eigenvalue weighted by Crippen LogP contribution is 1.89. The van der Waals surface area contributed by atoms with Gasteiger partial charge in [0.2, 0.25) is 5.91 Å². The molecule has 0 aliphatic heterocycles. The average Bonchev–Trinajstić information content (AvgIpc) is 1.61. The molecule has 0 fully saturated rings. The van der Waals surface area contributed by atoms with E-state index < -0.39 is 0 Å². The lowest BCUT2D eigenvalue weighted by atomic mass is 10.2. The van der Waals surface area contributed by atoms with E-state index in [1.165, 1.54) is 0 Å². The van der Waals surface area contributed by atoms with Crippen molar-refractivity contribution in [2.75, 3.05) is 0 Å². The predicted octanol–water partition coefficient (Wildman–Crippen LogP) is 0.814. The van der Waals surface area contributed by atoms with Gasteiger partial charge in [-0.05, 0) is 6.42 Å². The summed E-state index contributed by atoms with van der Waals surface area (Å²) in [6.45, 7) is 2.03. The van der Waals surface area contributed by atoms with E-state index in [1.807, 2.05) is 6.92 Å². The minimum Gasteiger partial charge on any atom is -0.370 e. The minimum absolute atomic E-state index is 0. The number of amides is 1. The van der Waals surface area contributed by atoms with E-state index in [0.717, 1.165) is 12.8 Å². The number of nitrogens with two attached hydrogens (primary N) is 1. The monoisotopic (exact) mass is 121 g/mol. The molecular formula is C5H12FNO. The van der Waals surface area contributed by atoms with Gasteiger partial charge in [-0.3, -0.25) is 9.50 Å². The summed E-state index contributed by atoms with van der Waals surface area (Å²) >= 11 is 0. The summed E-state index contributed by atoms with van der Waals surface area (Å²) in [4.78, 5) is 9.98. The van der Waals surface area contributed by atoms with E-state index in [4.69, 9.17) is 5.73 Å². The highest BCUT2D eigenvalue weighted by Gasteiger charge is 1.88. The van der Waals surface area contributed by atoms with Gasteiger partial charge in [-0.15, -0.1) is 0 Å². The van der Waals surface area contributed by atoms with Crippen LogP contribution in [0.1, 0.15) is 26.2 Å². The Hall–Kier alpha value is -0.600. The Labute approximate surface area is 48.4 Å². The molecule has 3 heteroatoms. The first-order valence-electron chi connectivity index (χ1n) is 2.55. The van der Waals surface area contributed by atoms with Crippen LogP contribution in [0, 0.1) is 0 Å². The maximum absolute atomic E-state index is 9.98. The smallest absolute Gasteiger partial charge is 0.217 e. The van der Waals surface area contributed by atoms with Crippen molar-refractivity contribution in [2.45, 2.75) is 26.2 Å². The molecular weight excluding hydrogens is 109 g/mol. The highest BCUT2D eigenvalue weighted by molar-refractivity contribution is 5.73. The van der Waals surface area contributed by atoms with Crippen molar-refractivity contribution in [3.8, 4) is 0 Å². The molecule has 2 nitrogen and oxygen atoms in total. The number of carbonyl (C=O) groups is 1. The number of halogens is 1. The number of unbranched alkanes of at least 4 members (excludes halogenated alkanes) is 1. The van der Waals surface area contributed by atoms with E-state index in [9.17, 15) is 4.79 Å². The van der Waals surface area contributed by atoms with E-state index in [2.05, 4.69) is 0 Å². The summed E-state index contributed by atoms with van der Waals surface area (Å²) in [7, 11) is 0. The van der Waals surface area contributed by atoms with E-state index in [0.29, 0.717) is 6.42 Å². The predicted molar refractivity (Wildman–Crippen MR) is 31.2 cm³/mol. The Balaban J connectivity index is 0. The zero-order valence-electron chi connectivity index (χ0n) is 5.02. The van der Waals surface area contributed by atoms with Crippen molar-refractivity contribution < 1.29 is 9.50 Å². The normalized spacial score (nSPS) is 7.62. The van der Waals surface area contributed by atoms with Gasteiger partial charge in [-0.2, -0.15) is 0 Å². The van der Waals surface area contributed by atoms with Crippen LogP contribution in [0.2, 0.25) is 0 Å². The number of carbonyl (C=O) groups excluding carboxylic acids is 1. The second-order valence-electron chi connectivity index (χ2n) is 1.57. The van der Waals surface area contributed by atoms with Crippen LogP contribution in [0.15, 0.2) is 0 Å². The molecule has 0 atom stereocenters. The second-order valence-corrected chi connectivity index (χ2v) is 1.57. The van der Waals surface area contributed by atoms with Crippen LogP contribution >= 0.6 is 0 Å². The van der Waals surface area contributed by atoms with Crippen molar-refractivity contribution >= 4 is 5.91 Å². The molecule has 0 radical (unpaired) electrons. The number of rotatable bonds is 3. The summed E-state index contributed by atoms with van der Waals surface area (Å²) in [6, 6.07) is 0. The molecule has 0 bridgehead atoms. The Bertz CT molecular complexity index is 65.4. The maximum Gasteiger partial charge on any atom is 0.217 e. The van der Waals surface area contributed by atoms with Crippen LogP contribution in [-0.4, -0.2) is 5.91 Å². The van der Waals surface area contributed by atoms with Gasteiger partial charge in [0.1, 0.15) is 0 Å². The molecule has 0 rings (SSSR count). The molecule has 2 N–H and O–H groups in total. The number of primary amides is 1. The summed E-state index contributed by atoms with van der Waals surface area (Å²) < 4.78 is 0. The molecule has 0 aromatic heterocycles. The third-order valence-electron chi connectivity index (χ3n) is 0.777. The lowest BCUT2D eigenvalue weighted by molar-refractivity contribution is -0.118. The SMILES string of the molecule is CCCCC(N)=O.F. The number of hydrogen-bond donors (Lipinski definition) is 1. The highest BCUT2D eigenvalue weighted by atomic mass is 19.0. The Morgan fingerprint density at radius 2 is 2.12 bits per heavy atom. The zero-order chi connectivity index (χ0) is 5.70. The van der Waals surface area contributed by atoms with Crippen molar-refractivity contribution in [2.24, 2.45) is 5.73 Å². The lowest BCUT2D eigenvalue weighted by Gasteiger charge is -1.86. The van der Waals surface area contributed by atoms with Crippen LogP contribution in [0.25, 0.3) is 0 Å². The Kier molecular flexibility index (Phi) is 8.32. The molecule has 0 saturated heterocycles. The fraction of sp³-hybridized carbons (Fsp3) is 0.800. The standard InChI is InChI=1S/C5H11NO.FH/c1-2-3-4-5(6)7;/h2-4H2,1H3,(H2,6,7);1H. The van der Waals surface area contributed by atoms with Crippen LogP contribution in [0.4, 0.5) is 4.70 Å². The third-order valence-corrected chi connectivity index (χ3v) is 0.777. The first kappa shape index (κ1) is 10.4. The maximum atomic E-state index is 9.98. The van der Waals surface area contributed by atoms with Gasteiger partial charge >= 0.3 is 0 Å². The molecule has 0 heterocycles. The molecule has 8 heavy (non-hydrogen) atoms. The van der Waals surface area contributed by atoms with Crippen molar-refractivity contribution in [3.05, 3.63) is 0 Å². The van der Waals surface area contributed by atoms with Gasteiger partial charge in [0.05, 0.1) is 0 Å². The van der Waals surface area contributed by atoms with Gasteiger partial charge in [-0.1, -0.05) is 13.3 Å². The van der Waals surface area contributed by atoms with Crippen molar-refractivity contribution in [3.63, 3.8) is 0 Å². The summed E-state index contributed by atoms with van der Waals surface area (Å²) in [5, 5.41) is 0. The topological polar surface area (TPSA) is 43.1 Å². The molecule has 0 unspecified atom stereocenters. The van der Waals surface area contributed by atoms with Crippen LogP contribution in [-0.2, 0) is 4.79 Å². The molecule has 50 valence electrons. The molecule has 0 saturated carbocycles. The first-order valence-corrected chi connectivity index (χ1v) is 2.55. The largest absolute Gasteiger partial charge is 0.370 e. The molecule has 0 aromatic carbocycles. The lowest BCUT2D eigenvalue weighted by Crippen LogP contribution is -2.09. The Morgan fingerprint density at radius 3 is 2.25 bits per heavy atom. The molecule has 0 aliphatic carbocycles. The third kappa shape index (κ3) is 9.04. The van der Waals surface area contributed by atoms with Gasteiger partial charge in [0, 0.05) is 6.42 Å². The van der Waals surface area contributed by atoms with Crippen molar-refractivity contribution in [1.82, 2.24) is 0 Å². The summed E-state index contributed by atoms with van der Waals surface area (Å²) in [6.07, 6.45) is 2.51. The van der Waals surface area contributed by atoms with Crippen LogP contribution in [0.5, 0.6) is 0 Å². The molecule has 0 aromatic rings. The molecule has 0 aliphatic rings. The second kappa shape index (κ2) is 6.40. The molecule has 0 spiro atoms. The van der Waals surface area contributed by atoms with Gasteiger partial charge in [-0.25, -0.2) is 0 Å². The van der Waals surface area contributed by atoms with Crippen LogP contribution in [0.3, 0.4) is 0 Å². The fourth-order valence-corrected chi connectivity index (χ4v) is 0.351. The van der Waals surface area contributed by atoms with Gasteiger partial charge in [0.25, 0.3) is 0 Å². The summed E-state index contributed by atoms with van der Waals surface area (Å²) in [5.74, 6) is -0.193. The fourth-order valence-electron chi connectivity index (χ4n) is 0.351. The zero-order valence-corrected chi connectivity index (χ0v) is 5.02. The molecule has 1 amide bonds. The average molecular weight is 121 g/mol. The summed E-state index contributed by atoms with van der Waals surface area (Å²) in [5.41, 5.74) is 4.84.